The van der Waals surface area contributed by atoms with Crippen LogP contribution in [0, 0.1) is 11.6 Å². The minimum Gasteiger partial charge on any atom is -0.459 e. The molecule has 1 aliphatic rings. The van der Waals surface area contributed by atoms with Crippen LogP contribution in [0.5, 0.6) is 0 Å². The maximum atomic E-state index is 13.9. The van der Waals surface area contributed by atoms with E-state index in [1.165, 1.54) is 12.3 Å². The van der Waals surface area contributed by atoms with E-state index in [1.807, 2.05) is 0 Å². The van der Waals surface area contributed by atoms with E-state index in [2.05, 4.69) is 0 Å². The van der Waals surface area contributed by atoms with Gasteiger partial charge in [-0.3, -0.25) is 4.79 Å². The predicted molar refractivity (Wildman–Crippen MR) is 80.8 cm³/mol. The van der Waals surface area contributed by atoms with Gasteiger partial charge in [-0.15, -0.1) is 0 Å². The molecule has 1 aliphatic heterocycles. The number of halogens is 2. The number of carbonyl (C=O) groups is 1. The minimum atomic E-state index is -0.440. The molecule has 0 radical (unpaired) electrons. The van der Waals surface area contributed by atoms with Crippen LogP contribution in [0.15, 0.2) is 41.0 Å². The lowest BCUT2D eigenvalue weighted by atomic mass is 10.1. The third kappa shape index (κ3) is 3.16. The Morgan fingerprint density at radius 1 is 1.27 bits per heavy atom. The van der Waals surface area contributed by atoms with Crippen LogP contribution in [0.3, 0.4) is 0 Å². The lowest BCUT2D eigenvalue weighted by Gasteiger charge is -2.19. The summed E-state index contributed by atoms with van der Waals surface area (Å²) in [6, 6.07) is 6.82. The van der Waals surface area contributed by atoms with E-state index in [-0.39, 0.29) is 11.2 Å². The summed E-state index contributed by atoms with van der Waals surface area (Å²) in [6.45, 7) is 1.06. The number of benzene rings is 1. The van der Waals surface area contributed by atoms with Crippen LogP contribution in [0.25, 0.3) is 0 Å². The van der Waals surface area contributed by atoms with Crippen LogP contribution in [0.1, 0.15) is 27.8 Å². The molecule has 116 valence electrons. The highest BCUT2D eigenvalue weighted by Crippen LogP contribution is 2.36. The van der Waals surface area contributed by atoms with E-state index in [1.54, 1.807) is 28.8 Å². The zero-order valence-electron chi connectivity index (χ0n) is 11.8. The van der Waals surface area contributed by atoms with Gasteiger partial charge in [-0.05, 0) is 36.8 Å². The summed E-state index contributed by atoms with van der Waals surface area (Å²) in [7, 11) is 0. The molecular weight excluding hydrogens is 308 g/mol. The quantitative estimate of drug-likeness (QED) is 0.841. The average molecular weight is 323 g/mol. The van der Waals surface area contributed by atoms with Crippen molar-refractivity contribution in [2.75, 3.05) is 18.8 Å². The second-order valence-corrected chi connectivity index (χ2v) is 6.39. The van der Waals surface area contributed by atoms with Crippen molar-refractivity contribution in [2.24, 2.45) is 0 Å². The summed E-state index contributed by atoms with van der Waals surface area (Å²) in [5, 5.41) is -0.148. The number of hydrogen-bond acceptors (Lipinski definition) is 3. The molecule has 0 spiro atoms. The number of amides is 1. The Labute approximate surface area is 131 Å². The van der Waals surface area contributed by atoms with Crippen LogP contribution >= 0.6 is 11.8 Å². The molecule has 0 unspecified atom stereocenters. The van der Waals surface area contributed by atoms with Crippen molar-refractivity contribution in [3.63, 3.8) is 0 Å². The highest BCUT2D eigenvalue weighted by Gasteiger charge is 2.25. The van der Waals surface area contributed by atoms with Crippen molar-refractivity contribution < 1.29 is 18.0 Å². The first-order valence-corrected chi connectivity index (χ1v) is 8.09. The van der Waals surface area contributed by atoms with E-state index >= 15 is 0 Å². The Morgan fingerprint density at radius 2 is 2.14 bits per heavy atom. The van der Waals surface area contributed by atoms with Gasteiger partial charge >= 0.3 is 0 Å². The molecule has 2 aromatic rings. The molecule has 0 aliphatic carbocycles. The third-order valence-corrected chi connectivity index (χ3v) is 4.98. The first kappa shape index (κ1) is 15.1. The molecule has 1 aromatic heterocycles. The summed E-state index contributed by atoms with van der Waals surface area (Å²) in [6.07, 6.45) is 2.04. The molecular formula is C16H15F2NO2S. The van der Waals surface area contributed by atoms with E-state index in [0.29, 0.717) is 36.6 Å². The van der Waals surface area contributed by atoms with Gasteiger partial charge in [0.05, 0.1) is 6.26 Å². The topological polar surface area (TPSA) is 33.5 Å². The molecule has 2 heterocycles. The van der Waals surface area contributed by atoms with Crippen molar-refractivity contribution in [2.45, 2.75) is 11.7 Å². The molecule has 0 N–H and O–H groups in total. The number of hydrogen-bond donors (Lipinski definition) is 0. The smallest absolute Gasteiger partial charge is 0.289 e. The Balaban J connectivity index is 1.72. The highest BCUT2D eigenvalue weighted by molar-refractivity contribution is 7.99. The van der Waals surface area contributed by atoms with Crippen molar-refractivity contribution >= 4 is 17.7 Å². The normalized spacial score (nSPS) is 19.0. The van der Waals surface area contributed by atoms with E-state index < -0.39 is 11.6 Å². The first-order valence-electron chi connectivity index (χ1n) is 7.04. The summed E-state index contributed by atoms with van der Waals surface area (Å²) in [5.74, 6) is -0.0200. The minimum absolute atomic E-state index is 0.148. The van der Waals surface area contributed by atoms with E-state index in [4.69, 9.17) is 4.42 Å². The maximum absolute atomic E-state index is 13.9. The lowest BCUT2D eigenvalue weighted by molar-refractivity contribution is 0.0734. The van der Waals surface area contributed by atoms with Gasteiger partial charge in [0.2, 0.25) is 0 Å². The van der Waals surface area contributed by atoms with E-state index in [9.17, 15) is 13.6 Å². The number of thioether (sulfide) groups is 1. The van der Waals surface area contributed by atoms with Gasteiger partial charge in [0.15, 0.2) is 5.76 Å². The fourth-order valence-electron chi connectivity index (χ4n) is 2.54. The Kier molecular flexibility index (Phi) is 4.47. The van der Waals surface area contributed by atoms with Crippen LogP contribution < -0.4 is 0 Å². The number of carbonyl (C=O) groups excluding carboxylic acids is 1. The van der Waals surface area contributed by atoms with Crippen LogP contribution in [0.2, 0.25) is 0 Å². The summed E-state index contributed by atoms with van der Waals surface area (Å²) < 4.78 is 32.4. The Morgan fingerprint density at radius 3 is 2.91 bits per heavy atom. The summed E-state index contributed by atoms with van der Waals surface area (Å²) >= 11 is 1.55. The van der Waals surface area contributed by atoms with Crippen LogP contribution in [-0.2, 0) is 0 Å². The molecule has 3 rings (SSSR count). The average Bonchev–Trinajstić information content (AvgIpc) is 2.94. The zero-order chi connectivity index (χ0) is 15.5. The fourth-order valence-corrected chi connectivity index (χ4v) is 3.78. The standard InChI is InChI=1S/C16H15F2NO2S/c17-11-3-4-13(18)12(10-11)15-5-6-19(7-9-22-15)16(20)14-2-1-8-21-14/h1-4,8,10,15H,5-7,9H2/t15-/m0/s1. The Hall–Kier alpha value is -1.82. The molecule has 1 amide bonds. The molecule has 1 atom stereocenters. The molecule has 1 saturated heterocycles. The molecule has 0 saturated carbocycles. The van der Waals surface area contributed by atoms with Gasteiger partial charge in [-0.25, -0.2) is 8.78 Å². The molecule has 3 nitrogen and oxygen atoms in total. The van der Waals surface area contributed by atoms with Gasteiger partial charge in [-0.2, -0.15) is 11.8 Å². The first-order chi connectivity index (χ1) is 10.6. The van der Waals surface area contributed by atoms with Gasteiger partial charge < -0.3 is 9.32 Å². The van der Waals surface area contributed by atoms with Gasteiger partial charge in [0.25, 0.3) is 5.91 Å². The molecule has 0 bridgehead atoms. The van der Waals surface area contributed by atoms with Crippen LogP contribution in [-0.4, -0.2) is 29.6 Å². The number of furan rings is 1. The van der Waals surface area contributed by atoms with Gasteiger partial charge in [0, 0.05) is 29.7 Å². The van der Waals surface area contributed by atoms with Crippen molar-refractivity contribution in [1.29, 1.82) is 0 Å². The van der Waals surface area contributed by atoms with Gasteiger partial charge in [0.1, 0.15) is 11.6 Å². The summed E-state index contributed by atoms with van der Waals surface area (Å²) in [4.78, 5) is 14.0. The molecule has 1 fully saturated rings. The maximum Gasteiger partial charge on any atom is 0.289 e. The second-order valence-electron chi connectivity index (χ2n) is 5.08. The SMILES string of the molecule is O=C(c1ccco1)N1CCS[C@H](c2cc(F)ccc2F)CC1. The third-order valence-electron chi connectivity index (χ3n) is 3.67. The van der Waals surface area contributed by atoms with Gasteiger partial charge in [-0.1, -0.05) is 0 Å². The number of rotatable bonds is 2. The van der Waals surface area contributed by atoms with Crippen LogP contribution in [0.4, 0.5) is 8.78 Å². The lowest BCUT2D eigenvalue weighted by Crippen LogP contribution is -2.32. The largest absolute Gasteiger partial charge is 0.459 e. The van der Waals surface area contributed by atoms with Crippen molar-refractivity contribution in [1.82, 2.24) is 4.90 Å². The van der Waals surface area contributed by atoms with Crippen molar-refractivity contribution in [3.8, 4) is 0 Å². The zero-order valence-corrected chi connectivity index (χ0v) is 12.6. The molecule has 6 heteroatoms. The van der Waals surface area contributed by atoms with E-state index in [0.717, 1.165) is 12.1 Å². The summed E-state index contributed by atoms with van der Waals surface area (Å²) in [5.41, 5.74) is 0.372. The fraction of sp³-hybridized carbons (Fsp3) is 0.312. The molecule has 1 aromatic carbocycles. The predicted octanol–water partition coefficient (Wildman–Crippen LogP) is 3.88. The second kappa shape index (κ2) is 6.52. The van der Waals surface area contributed by atoms with Crippen molar-refractivity contribution in [3.05, 3.63) is 59.6 Å². The number of nitrogens with zero attached hydrogens (tertiary/aromatic N) is 1. The monoisotopic (exact) mass is 323 g/mol. The highest BCUT2D eigenvalue weighted by atomic mass is 32.2. The Bertz CT molecular complexity index is 660. The molecule has 22 heavy (non-hydrogen) atoms.